The molecule has 1 unspecified atom stereocenters. The summed E-state index contributed by atoms with van der Waals surface area (Å²) >= 11 is 0. The van der Waals surface area contributed by atoms with E-state index in [1.807, 2.05) is 13.8 Å². The number of fused-ring (bicyclic) bond motifs is 2. The van der Waals surface area contributed by atoms with Gasteiger partial charge in [-0.1, -0.05) is 0 Å². The van der Waals surface area contributed by atoms with E-state index in [1.165, 1.54) is 12.1 Å². The summed E-state index contributed by atoms with van der Waals surface area (Å²) in [5.74, 6) is -0.340. The number of amides is 1. The zero-order chi connectivity index (χ0) is 22.3. The summed E-state index contributed by atoms with van der Waals surface area (Å²) in [4.78, 5) is 38.9. The zero-order valence-corrected chi connectivity index (χ0v) is 17.5. The maximum absolute atomic E-state index is 13.5. The van der Waals surface area contributed by atoms with Crippen molar-refractivity contribution in [3.05, 3.63) is 84.7 Å². The smallest absolute Gasteiger partial charge is 0.290 e. The first kappa shape index (κ1) is 20.7. The molecule has 0 aliphatic carbocycles. The third-order valence-corrected chi connectivity index (χ3v) is 5.75. The number of non-ortho nitro benzene ring substituents is 1. The third kappa shape index (κ3) is 3.48. The molecule has 160 valence electrons. The molecular weight excluding hydrogens is 400 g/mol. The van der Waals surface area contributed by atoms with Crippen LogP contribution < -0.4 is 5.43 Å². The predicted molar refractivity (Wildman–Crippen MR) is 114 cm³/mol. The largest absolute Gasteiger partial charge is 0.450 e. The van der Waals surface area contributed by atoms with E-state index in [4.69, 9.17) is 9.15 Å². The number of nitro benzene ring substituents is 1. The molecule has 1 aromatic heterocycles. The van der Waals surface area contributed by atoms with Crippen LogP contribution in [0.3, 0.4) is 0 Å². The molecular formula is C23H22N2O6. The Hall–Kier alpha value is -3.52. The van der Waals surface area contributed by atoms with E-state index >= 15 is 0 Å². The molecule has 1 aliphatic rings. The van der Waals surface area contributed by atoms with Crippen LogP contribution in [-0.2, 0) is 4.74 Å². The maximum Gasteiger partial charge on any atom is 0.290 e. The van der Waals surface area contributed by atoms with E-state index in [1.54, 1.807) is 36.3 Å². The third-order valence-electron chi connectivity index (χ3n) is 5.75. The Kier molecular flexibility index (Phi) is 5.32. The number of hydrogen-bond acceptors (Lipinski definition) is 6. The molecule has 31 heavy (non-hydrogen) atoms. The number of ether oxygens (including phenoxy) is 1. The Bertz CT molecular complexity index is 1250. The van der Waals surface area contributed by atoms with Gasteiger partial charge < -0.3 is 14.1 Å². The molecule has 1 atom stereocenters. The Morgan fingerprint density at radius 2 is 1.81 bits per heavy atom. The molecule has 0 saturated heterocycles. The first-order valence-electron chi connectivity index (χ1n) is 9.95. The summed E-state index contributed by atoms with van der Waals surface area (Å²) in [5.41, 5.74) is 2.86. The molecule has 2 heterocycles. The van der Waals surface area contributed by atoms with Gasteiger partial charge in [0.05, 0.1) is 21.9 Å². The minimum Gasteiger partial charge on any atom is -0.450 e. The van der Waals surface area contributed by atoms with Crippen molar-refractivity contribution in [3.63, 3.8) is 0 Å². The Balaban J connectivity index is 1.91. The van der Waals surface area contributed by atoms with Crippen LogP contribution in [0, 0.1) is 24.0 Å². The number of carbonyl (C=O) groups excluding carboxylic acids is 1. The van der Waals surface area contributed by atoms with E-state index < -0.39 is 11.0 Å². The average Bonchev–Trinajstić information content (AvgIpc) is 3.02. The van der Waals surface area contributed by atoms with E-state index in [0.29, 0.717) is 36.1 Å². The number of nitrogens with zero attached hydrogens (tertiary/aromatic N) is 2. The van der Waals surface area contributed by atoms with Gasteiger partial charge in [-0.15, -0.1) is 0 Å². The van der Waals surface area contributed by atoms with Crippen LogP contribution in [0.1, 0.15) is 45.3 Å². The van der Waals surface area contributed by atoms with Crippen LogP contribution >= 0.6 is 0 Å². The van der Waals surface area contributed by atoms with Crippen molar-refractivity contribution in [2.75, 3.05) is 20.3 Å². The van der Waals surface area contributed by atoms with Gasteiger partial charge in [0.25, 0.3) is 11.6 Å². The standard InChI is InChI=1S/C23H22N2O6/c1-13-11-17-18(12-14(13)2)31-22-19(21(17)26)20(24(23(22)27)9-4-10-30-3)15-5-7-16(8-6-15)25(28)29/h5-8,11-12,20H,4,9-10H2,1-3H3. The minimum atomic E-state index is -0.678. The average molecular weight is 422 g/mol. The van der Waals surface area contributed by atoms with Gasteiger partial charge in [-0.05, 0) is 61.2 Å². The van der Waals surface area contributed by atoms with Gasteiger partial charge in [0.1, 0.15) is 5.58 Å². The summed E-state index contributed by atoms with van der Waals surface area (Å²) in [6.45, 7) is 4.64. The van der Waals surface area contributed by atoms with Crippen molar-refractivity contribution in [2.24, 2.45) is 0 Å². The molecule has 0 fully saturated rings. The van der Waals surface area contributed by atoms with E-state index in [9.17, 15) is 19.7 Å². The van der Waals surface area contributed by atoms with E-state index in [0.717, 1.165) is 11.1 Å². The molecule has 8 nitrogen and oxygen atoms in total. The Morgan fingerprint density at radius 3 is 2.45 bits per heavy atom. The van der Waals surface area contributed by atoms with Gasteiger partial charge in [-0.25, -0.2) is 0 Å². The predicted octanol–water partition coefficient (Wildman–Crippen LogP) is 3.90. The van der Waals surface area contributed by atoms with Crippen molar-refractivity contribution < 1.29 is 18.9 Å². The summed E-state index contributed by atoms with van der Waals surface area (Å²) in [6, 6.07) is 8.79. The van der Waals surface area contributed by atoms with Gasteiger partial charge >= 0.3 is 0 Å². The van der Waals surface area contributed by atoms with Crippen LogP contribution in [-0.4, -0.2) is 36.0 Å². The SMILES string of the molecule is COCCCN1C(=O)c2oc3cc(C)c(C)cc3c(=O)c2C1c1ccc([N+](=O)[O-])cc1. The number of carbonyl (C=O) groups is 1. The normalized spacial score (nSPS) is 15.5. The number of aryl methyl sites for hydroxylation is 2. The molecule has 0 radical (unpaired) electrons. The lowest BCUT2D eigenvalue weighted by Crippen LogP contribution is -2.31. The fourth-order valence-corrected chi connectivity index (χ4v) is 4.01. The van der Waals surface area contributed by atoms with Gasteiger partial charge in [-0.2, -0.15) is 0 Å². The Labute approximate surface area is 178 Å². The number of hydrogen-bond donors (Lipinski definition) is 0. The minimum absolute atomic E-state index is 0.0292. The molecule has 0 bridgehead atoms. The highest BCUT2D eigenvalue weighted by atomic mass is 16.6. The highest BCUT2D eigenvalue weighted by molar-refractivity contribution is 5.99. The lowest BCUT2D eigenvalue weighted by atomic mass is 9.97. The number of methoxy groups -OCH3 is 1. The Morgan fingerprint density at radius 1 is 1.13 bits per heavy atom. The molecule has 0 N–H and O–H groups in total. The number of nitro groups is 1. The molecule has 1 amide bonds. The molecule has 1 aliphatic heterocycles. The topological polar surface area (TPSA) is 103 Å². The number of rotatable bonds is 6. The van der Waals surface area contributed by atoms with E-state index in [2.05, 4.69) is 0 Å². The monoisotopic (exact) mass is 422 g/mol. The van der Waals surface area contributed by atoms with Crippen LogP contribution in [0.15, 0.2) is 45.6 Å². The zero-order valence-electron chi connectivity index (χ0n) is 17.5. The second kappa shape index (κ2) is 7.96. The van der Waals surface area contributed by atoms with Crippen molar-refractivity contribution in [2.45, 2.75) is 26.3 Å². The molecule has 0 saturated carbocycles. The van der Waals surface area contributed by atoms with Gasteiger partial charge in [0.15, 0.2) is 5.43 Å². The van der Waals surface area contributed by atoms with E-state index in [-0.39, 0.29) is 28.3 Å². The van der Waals surface area contributed by atoms with Gasteiger partial charge in [-0.3, -0.25) is 19.7 Å². The van der Waals surface area contributed by atoms with Crippen molar-refractivity contribution in [3.8, 4) is 0 Å². The van der Waals surface area contributed by atoms with Crippen LogP contribution in [0.25, 0.3) is 11.0 Å². The van der Waals surface area contributed by atoms with Gasteiger partial charge in [0, 0.05) is 32.4 Å². The molecule has 3 aromatic rings. The molecule has 0 spiro atoms. The molecule has 4 rings (SSSR count). The first-order chi connectivity index (χ1) is 14.8. The van der Waals surface area contributed by atoms with Crippen molar-refractivity contribution in [1.82, 2.24) is 4.90 Å². The van der Waals surface area contributed by atoms with Crippen molar-refractivity contribution >= 4 is 22.6 Å². The second-order valence-corrected chi connectivity index (χ2v) is 7.70. The quantitative estimate of drug-likeness (QED) is 0.339. The molecule has 8 heteroatoms. The summed E-state index contributed by atoms with van der Waals surface area (Å²) in [5, 5.41) is 11.5. The first-order valence-corrected chi connectivity index (χ1v) is 9.95. The van der Waals surface area contributed by atoms with Crippen LogP contribution in [0.5, 0.6) is 0 Å². The highest BCUT2D eigenvalue weighted by Crippen LogP contribution is 2.38. The maximum atomic E-state index is 13.5. The van der Waals surface area contributed by atoms with Gasteiger partial charge in [0.2, 0.25) is 5.76 Å². The molecule has 2 aromatic carbocycles. The summed E-state index contributed by atoms with van der Waals surface area (Å²) in [6.07, 6.45) is 0.575. The fraction of sp³-hybridized carbons (Fsp3) is 0.304. The van der Waals surface area contributed by atoms with Crippen molar-refractivity contribution in [1.29, 1.82) is 0 Å². The highest BCUT2D eigenvalue weighted by Gasteiger charge is 2.42. The lowest BCUT2D eigenvalue weighted by Gasteiger charge is -2.25. The van der Waals surface area contributed by atoms with Crippen LogP contribution in [0.2, 0.25) is 0 Å². The lowest BCUT2D eigenvalue weighted by molar-refractivity contribution is -0.384. The second-order valence-electron chi connectivity index (χ2n) is 7.70. The number of benzene rings is 2. The summed E-state index contributed by atoms with van der Waals surface area (Å²) < 4.78 is 11.1. The summed E-state index contributed by atoms with van der Waals surface area (Å²) in [7, 11) is 1.58. The van der Waals surface area contributed by atoms with Crippen LogP contribution in [0.4, 0.5) is 5.69 Å². The fourth-order valence-electron chi connectivity index (χ4n) is 4.01.